The van der Waals surface area contributed by atoms with Gasteiger partial charge in [-0.3, -0.25) is 14.2 Å². The van der Waals surface area contributed by atoms with Gasteiger partial charge in [-0.1, -0.05) is 29.3 Å². The van der Waals surface area contributed by atoms with E-state index in [-0.39, 0.29) is 11.8 Å². The van der Waals surface area contributed by atoms with Gasteiger partial charge in [0, 0.05) is 34.2 Å². The molecule has 0 saturated heterocycles. The van der Waals surface area contributed by atoms with Gasteiger partial charge < -0.3 is 5.32 Å². The Morgan fingerprint density at radius 2 is 1.71 bits per heavy atom. The van der Waals surface area contributed by atoms with Crippen LogP contribution < -0.4 is 5.32 Å². The second-order valence-corrected chi connectivity index (χ2v) is 6.38. The van der Waals surface area contributed by atoms with Crippen molar-refractivity contribution >= 4 is 51.6 Å². The van der Waals surface area contributed by atoms with Crippen LogP contribution >= 0.6 is 23.2 Å². The molecule has 0 saturated carbocycles. The molecule has 1 amide bonds. The van der Waals surface area contributed by atoms with Crippen LogP contribution in [0.1, 0.15) is 27.6 Å². The first-order chi connectivity index (χ1) is 11.4. The number of hydrogen-bond donors (Lipinski definition) is 1. The summed E-state index contributed by atoms with van der Waals surface area (Å²) in [6, 6.07) is 10.4. The van der Waals surface area contributed by atoms with Gasteiger partial charge in [0.25, 0.3) is 5.91 Å². The molecule has 2 aromatic carbocycles. The summed E-state index contributed by atoms with van der Waals surface area (Å²) in [5.41, 5.74) is 2.53. The van der Waals surface area contributed by atoms with Gasteiger partial charge in [-0.25, -0.2) is 0 Å². The number of nitrogens with one attached hydrogen (secondary N) is 1. The first-order valence-corrected chi connectivity index (χ1v) is 8.01. The summed E-state index contributed by atoms with van der Waals surface area (Å²) in [6.07, 6.45) is 1.53. The molecule has 0 fully saturated rings. The van der Waals surface area contributed by atoms with Crippen molar-refractivity contribution in [1.82, 2.24) is 4.57 Å². The van der Waals surface area contributed by atoms with Gasteiger partial charge in [0.15, 0.2) is 0 Å². The lowest BCUT2D eigenvalue weighted by molar-refractivity contribution is 0.0941. The molecule has 0 unspecified atom stereocenters. The smallest absolute Gasteiger partial charge is 0.257 e. The maximum absolute atomic E-state index is 12.7. The second-order valence-electron chi connectivity index (χ2n) is 5.51. The molecule has 3 aromatic rings. The minimum Gasteiger partial charge on any atom is -0.322 e. The minimum absolute atomic E-state index is 0.180. The van der Waals surface area contributed by atoms with Gasteiger partial charge >= 0.3 is 0 Å². The third-order valence-corrected chi connectivity index (χ3v) is 4.27. The number of benzene rings is 2. The zero-order chi connectivity index (χ0) is 17.4. The fraction of sp³-hybridized carbons (Fsp3) is 0.111. The maximum atomic E-state index is 12.7. The van der Waals surface area contributed by atoms with E-state index in [1.54, 1.807) is 30.3 Å². The molecule has 1 N–H and O–H groups in total. The molecule has 0 aliphatic heterocycles. The lowest BCUT2D eigenvalue weighted by atomic mass is 10.1. The molecule has 6 heteroatoms. The third kappa shape index (κ3) is 3.03. The molecule has 0 aliphatic carbocycles. The van der Waals surface area contributed by atoms with Crippen LogP contribution in [0.2, 0.25) is 10.0 Å². The van der Waals surface area contributed by atoms with Gasteiger partial charge in [-0.05, 0) is 42.8 Å². The number of aryl methyl sites for hydroxylation is 1. The number of hydrogen-bond acceptors (Lipinski definition) is 2. The highest BCUT2D eigenvalue weighted by Gasteiger charge is 2.18. The summed E-state index contributed by atoms with van der Waals surface area (Å²) < 4.78 is 1.44. The fourth-order valence-electron chi connectivity index (χ4n) is 2.56. The summed E-state index contributed by atoms with van der Waals surface area (Å²) in [4.78, 5) is 24.5. The van der Waals surface area contributed by atoms with Crippen molar-refractivity contribution in [2.45, 2.75) is 13.8 Å². The van der Waals surface area contributed by atoms with Gasteiger partial charge in [0.05, 0.1) is 11.1 Å². The lowest BCUT2D eigenvalue weighted by Crippen LogP contribution is -2.12. The largest absolute Gasteiger partial charge is 0.322 e. The quantitative estimate of drug-likeness (QED) is 0.685. The zero-order valence-corrected chi connectivity index (χ0v) is 14.6. The van der Waals surface area contributed by atoms with Crippen molar-refractivity contribution in [3.05, 3.63) is 63.8 Å². The Bertz CT molecular complexity index is 977. The second kappa shape index (κ2) is 6.30. The predicted octanol–water partition coefficient (Wildman–Crippen LogP) is 5.17. The molecule has 3 rings (SSSR count). The first kappa shape index (κ1) is 16.6. The highest BCUT2D eigenvalue weighted by atomic mass is 35.5. The van der Waals surface area contributed by atoms with Crippen molar-refractivity contribution in [2.75, 3.05) is 5.32 Å². The van der Waals surface area contributed by atoms with E-state index in [0.29, 0.717) is 32.2 Å². The average Bonchev–Trinajstić information content (AvgIpc) is 2.89. The van der Waals surface area contributed by atoms with Crippen molar-refractivity contribution in [1.29, 1.82) is 0 Å². The standard InChI is InChI=1S/C18H14Cl2N2O2/c1-10-3-4-13(20)8-16(10)21-18(24)15-9-22(11(2)23)17-6-5-12(19)7-14(15)17/h3-9H,1-2H3,(H,21,24). The maximum Gasteiger partial charge on any atom is 0.257 e. The van der Waals surface area contributed by atoms with Crippen LogP contribution in [-0.4, -0.2) is 16.4 Å². The van der Waals surface area contributed by atoms with E-state index < -0.39 is 0 Å². The van der Waals surface area contributed by atoms with Crippen molar-refractivity contribution in [3.8, 4) is 0 Å². The van der Waals surface area contributed by atoms with Gasteiger partial charge in [0.1, 0.15) is 0 Å². The number of rotatable bonds is 2. The number of amides is 1. The van der Waals surface area contributed by atoms with Gasteiger partial charge in [0.2, 0.25) is 5.91 Å². The Morgan fingerprint density at radius 1 is 1.04 bits per heavy atom. The van der Waals surface area contributed by atoms with E-state index in [4.69, 9.17) is 23.2 Å². The van der Waals surface area contributed by atoms with E-state index in [0.717, 1.165) is 5.56 Å². The fourth-order valence-corrected chi connectivity index (χ4v) is 2.91. The Labute approximate surface area is 149 Å². The first-order valence-electron chi connectivity index (χ1n) is 7.26. The molecule has 24 heavy (non-hydrogen) atoms. The Morgan fingerprint density at radius 3 is 2.42 bits per heavy atom. The number of carbonyl (C=O) groups is 2. The molecule has 1 heterocycles. The molecule has 1 aromatic heterocycles. The van der Waals surface area contributed by atoms with Crippen molar-refractivity contribution < 1.29 is 9.59 Å². The summed E-state index contributed by atoms with van der Waals surface area (Å²) in [5, 5.41) is 4.49. The molecule has 0 aliphatic rings. The molecular weight excluding hydrogens is 347 g/mol. The number of aromatic nitrogens is 1. The third-order valence-electron chi connectivity index (χ3n) is 3.80. The lowest BCUT2D eigenvalue weighted by Gasteiger charge is -2.08. The summed E-state index contributed by atoms with van der Waals surface area (Å²) in [6.45, 7) is 3.32. The summed E-state index contributed by atoms with van der Waals surface area (Å²) in [7, 11) is 0. The average molecular weight is 361 g/mol. The number of carbonyl (C=O) groups excluding carboxylic acids is 2. The Balaban J connectivity index is 2.08. The zero-order valence-electron chi connectivity index (χ0n) is 13.1. The summed E-state index contributed by atoms with van der Waals surface area (Å²) >= 11 is 12.0. The highest BCUT2D eigenvalue weighted by Crippen LogP contribution is 2.27. The molecular formula is C18H14Cl2N2O2. The van der Waals surface area contributed by atoms with Gasteiger partial charge in [-0.2, -0.15) is 0 Å². The van der Waals surface area contributed by atoms with E-state index in [1.807, 2.05) is 13.0 Å². The normalized spacial score (nSPS) is 10.8. The molecule has 0 spiro atoms. The number of anilines is 1. The van der Waals surface area contributed by atoms with Crippen LogP contribution in [0.25, 0.3) is 10.9 Å². The van der Waals surface area contributed by atoms with Crippen molar-refractivity contribution in [3.63, 3.8) is 0 Å². The Hall–Kier alpha value is -2.30. The molecule has 0 radical (unpaired) electrons. The SMILES string of the molecule is CC(=O)n1cc(C(=O)Nc2cc(Cl)ccc2C)c2cc(Cl)ccc21. The number of halogens is 2. The number of nitrogens with zero attached hydrogens (tertiary/aromatic N) is 1. The van der Waals surface area contributed by atoms with E-state index in [9.17, 15) is 9.59 Å². The van der Waals surface area contributed by atoms with E-state index >= 15 is 0 Å². The molecule has 4 nitrogen and oxygen atoms in total. The number of fused-ring (bicyclic) bond motifs is 1. The van der Waals surface area contributed by atoms with Crippen LogP contribution in [-0.2, 0) is 0 Å². The van der Waals surface area contributed by atoms with Crippen LogP contribution in [0, 0.1) is 6.92 Å². The van der Waals surface area contributed by atoms with Crippen LogP contribution in [0.3, 0.4) is 0 Å². The predicted molar refractivity (Wildman–Crippen MR) is 97.4 cm³/mol. The van der Waals surface area contributed by atoms with Crippen LogP contribution in [0.15, 0.2) is 42.6 Å². The molecule has 0 bridgehead atoms. The van der Waals surface area contributed by atoms with Crippen LogP contribution in [0.4, 0.5) is 5.69 Å². The monoisotopic (exact) mass is 360 g/mol. The van der Waals surface area contributed by atoms with Crippen LogP contribution in [0.5, 0.6) is 0 Å². The van der Waals surface area contributed by atoms with E-state index in [2.05, 4.69) is 5.32 Å². The molecule has 122 valence electrons. The highest BCUT2D eigenvalue weighted by molar-refractivity contribution is 6.32. The molecule has 0 atom stereocenters. The van der Waals surface area contributed by atoms with Gasteiger partial charge in [-0.15, -0.1) is 0 Å². The van der Waals surface area contributed by atoms with Crippen molar-refractivity contribution in [2.24, 2.45) is 0 Å². The van der Waals surface area contributed by atoms with E-state index in [1.165, 1.54) is 17.7 Å². The Kier molecular flexibility index (Phi) is 4.35. The summed E-state index contributed by atoms with van der Waals surface area (Å²) in [5.74, 6) is -0.507. The minimum atomic E-state index is -0.326. The topological polar surface area (TPSA) is 51.1 Å².